The van der Waals surface area contributed by atoms with E-state index in [9.17, 15) is 0 Å². The van der Waals surface area contributed by atoms with Crippen LogP contribution < -0.4 is 5.32 Å². The van der Waals surface area contributed by atoms with Gasteiger partial charge >= 0.3 is 0 Å². The van der Waals surface area contributed by atoms with Crippen LogP contribution in [0, 0.1) is 6.92 Å². The second-order valence-corrected chi connectivity index (χ2v) is 6.94. The fourth-order valence-electron chi connectivity index (χ4n) is 2.94. The highest BCUT2D eigenvalue weighted by atomic mass is 35.5. The summed E-state index contributed by atoms with van der Waals surface area (Å²) in [4.78, 5) is 11.1. The molecule has 0 amide bonds. The van der Waals surface area contributed by atoms with E-state index in [1.54, 1.807) is 22.9 Å². The summed E-state index contributed by atoms with van der Waals surface area (Å²) in [6.07, 6.45) is 0. The van der Waals surface area contributed by atoms with Crippen molar-refractivity contribution in [3.05, 3.63) is 39.9 Å². The summed E-state index contributed by atoms with van der Waals surface area (Å²) < 4.78 is 6.98. The van der Waals surface area contributed by atoms with E-state index in [0.29, 0.717) is 33.2 Å². The average Bonchev–Trinajstić information content (AvgIpc) is 3.23. The van der Waals surface area contributed by atoms with Gasteiger partial charge in [-0.15, -0.1) is 17.5 Å². The van der Waals surface area contributed by atoms with Crippen molar-refractivity contribution < 1.29 is 4.52 Å². The van der Waals surface area contributed by atoms with Crippen molar-refractivity contribution in [2.45, 2.75) is 13.0 Å². The Labute approximate surface area is 172 Å². The van der Waals surface area contributed by atoms with Gasteiger partial charge in [-0.1, -0.05) is 34.4 Å². The first-order valence-corrected chi connectivity index (χ1v) is 8.93. The third kappa shape index (κ3) is 3.81. The minimum Gasteiger partial charge on any atom is -0.330 e. The summed E-state index contributed by atoms with van der Waals surface area (Å²) in [5.74, 6) is 1.83. The maximum atomic E-state index is 6.28. The number of likely N-dealkylation sites (N-methyl/N-ethyl adjacent to an activating group) is 1. The summed E-state index contributed by atoms with van der Waals surface area (Å²) >= 11 is 12.6. The number of aromatic nitrogens is 5. The van der Waals surface area contributed by atoms with Crippen molar-refractivity contribution in [3.63, 3.8) is 0 Å². The van der Waals surface area contributed by atoms with Crippen molar-refractivity contribution in [1.82, 2.24) is 35.1 Å². The smallest absolute Gasteiger partial charge is 0.297 e. The zero-order chi connectivity index (χ0) is 18.3. The zero-order valence-electron chi connectivity index (χ0n) is 14.7. The van der Waals surface area contributed by atoms with Crippen molar-refractivity contribution in [3.8, 4) is 17.4 Å². The molecule has 1 aromatic carbocycles. The van der Waals surface area contributed by atoms with Crippen LogP contribution in [0.1, 0.15) is 17.7 Å². The lowest BCUT2D eigenvalue weighted by Gasteiger charge is -2.30. The number of hydrogen-bond donors (Lipinski definition) is 1. The predicted molar refractivity (Wildman–Crippen MR) is 105 cm³/mol. The number of nitrogens with zero attached hydrogens (tertiary/aromatic N) is 6. The van der Waals surface area contributed by atoms with E-state index >= 15 is 0 Å². The minimum atomic E-state index is 0. The molecule has 1 atom stereocenters. The molecule has 1 N–H and O–H groups in total. The Bertz CT molecular complexity index is 922. The van der Waals surface area contributed by atoms with Crippen molar-refractivity contribution in [1.29, 1.82) is 0 Å². The van der Waals surface area contributed by atoms with E-state index in [4.69, 9.17) is 27.7 Å². The molecule has 11 heteroatoms. The first-order valence-electron chi connectivity index (χ1n) is 8.17. The Kier molecular flexibility index (Phi) is 6.02. The number of piperazine rings is 1. The molecule has 2 aromatic heterocycles. The van der Waals surface area contributed by atoms with Gasteiger partial charge < -0.3 is 9.84 Å². The Morgan fingerprint density at radius 1 is 1.22 bits per heavy atom. The van der Waals surface area contributed by atoms with Crippen LogP contribution in [0.25, 0.3) is 17.4 Å². The van der Waals surface area contributed by atoms with Gasteiger partial charge in [0.2, 0.25) is 5.82 Å². The number of nitrogens with one attached hydrogen (secondary N) is 1. The summed E-state index contributed by atoms with van der Waals surface area (Å²) in [5.41, 5.74) is 0.572. The lowest BCUT2D eigenvalue weighted by Crippen LogP contribution is -2.44. The van der Waals surface area contributed by atoms with E-state index in [0.717, 1.165) is 19.6 Å². The van der Waals surface area contributed by atoms with Gasteiger partial charge in [0.05, 0.1) is 16.1 Å². The number of aryl methyl sites for hydroxylation is 1. The summed E-state index contributed by atoms with van der Waals surface area (Å²) in [6.45, 7) is 4.45. The Morgan fingerprint density at radius 2 is 1.96 bits per heavy atom. The third-order valence-electron chi connectivity index (χ3n) is 4.36. The molecule has 0 saturated carbocycles. The molecule has 4 rings (SSSR count). The largest absolute Gasteiger partial charge is 0.330 e. The molecular formula is C16H18Cl3N7O. The van der Waals surface area contributed by atoms with Crippen LogP contribution >= 0.6 is 35.6 Å². The molecule has 0 spiro atoms. The lowest BCUT2D eigenvalue weighted by molar-refractivity contribution is 0.190. The fraction of sp³-hybridized carbons (Fsp3) is 0.375. The maximum absolute atomic E-state index is 6.28. The minimum absolute atomic E-state index is 0. The van der Waals surface area contributed by atoms with Gasteiger partial charge in [0, 0.05) is 19.6 Å². The van der Waals surface area contributed by atoms with Gasteiger partial charge in [-0.05, 0) is 26.1 Å². The van der Waals surface area contributed by atoms with E-state index in [1.165, 1.54) is 0 Å². The third-order valence-corrected chi connectivity index (χ3v) is 4.97. The van der Waals surface area contributed by atoms with Crippen LogP contribution in [0.15, 0.2) is 22.7 Å². The van der Waals surface area contributed by atoms with Crippen molar-refractivity contribution in [2.75, 3.05) is 26.7 Å². The quantitative estimate of drug-likeness (QED) is 0.684. The van der Waals surface area contributed by atoms with Crippen LogP contribution in [-0.2, 0) is 0 Å². The van der Waals surface area contributed by atoms with Crippen LogP contribution in [-0.4, -0.2) is 56.5 Å². The van der Waals surface area contributed by atoms with Crippen molar-refractivity contribution >= 4 is 35.6 Å². The summed E-state index contributed by atoms with van der Waals surface area (Å²) in [5, 5.41) is 12.9. The van der Waals surface area contributed by atoms with Crippen LogP contribution in [0.4, 0.5) is 0 Å². The average molecular weight is 431 g/mol. The monoisotopic (exact) mass is 429 g/mol. The number of hydrogen-bond acceptors (Lipinski definition) is 7. The zero-order valence-corrected chi connectivity index (χ0v) is 17.0. The second-order valence-electron chi connectivity index (χ2n) is 6.12. The van der Waals surface area contributed by atoms with Crippen LogP contribution in [0.3, 0.4) is 0 Å². The van der Waals surface area contributed by atoms with Gasteiger partial charge in [-0.2, -0.15) is 4.98 Å². The Morgan fingerprint density at radius 3 is 2.67 bits per heavy atom. The topological polar surface area (TPSA) is 84.9 Å². The number of para-hydroxylation sites is 1. The molecule has 1 saturated heterocycles. The molecule has 1 unspecified atom stereocenters. The van der Waals surface area contributed by atoms with Gasteiger partial charge in [0.1, 0.15) is 11.5 Å². The number of benzene rings is 1. The number of halogens is 3. The molecule has 1 fully saturated rings. The van der Waals surface area contributed by atoms with E-state index in [-0.39, 0.29) is 24.3 Å². The first-order chi connectivity index (χ1) is 12.5. The molecule has 1 aliphatic rings. The lowest BCUT2D eigenvalue weighted by atomic mass is 10.2. The van der Waals surface area contributed by atoms with Crippen molar-refractivity contribution in [2.24, 2.45) is 0 Å². The fourth-order valence-corrected chi connectivity index (χ4v) is 3.50. The molecule has 1 aliphatic heterocycles. The van der Waals surface area contributed by atoms with Gasteiger partial charge in [-0.25, -0.2) is 9.67 Å². The molecule has 3 heterocycles. The van der Waals surface area contributed by atoms with Crippen LogP contribution in [0.5, 0.6) is 0 Å². The normalized spacial score (nSPS) is 17.7. The first kappa shape index (κ1) is 20.0. The highest BCUT2D eigenvalue weighted by Crippen LogP contribution is 2.29. The second kappa shape index (κ2) is 8.12. The molecular weight excluding hydrogens is 413 g/mol. The van der Waals surface area contributed by atoms with Gasteiger partial charge in [0.15, 0.2) is 5.82 Å². The summed E-state index contributed by atoms with van der Waals surface area (Å²) in [6, 6.07) is 5.34. The predicted octanol–water partition coefficient (Wildman–Crippen LogP) is 2.93. The molecule has 0 bridgehead atoms. The Balaban J connectivity index is 0.00000210. The van der Waals surface area contributed by atoms with E-state index < -0.39 is 0 Å². The molecule has 8 nitrogen and oxygen atoms in total. The van der Waals surface area contributed by atoms with Gasteiger partial charge in [-0.3, -0.25) is 4.90 Å². The highest BCUT2D eigenvalue weighted by molar-refractivity contribution is 6.37. The molecule has 0 radical (unpaired) electrons. The Hall–Kier alpha value is -1.71. The van der Waals surface area contributed by atoms with Gasteiger partial charge in [0.25, 0.3) is 5.89 Å². The number of rotatable bonds is 3. The molecule has 144 valence electrons. The SMILES string of the molecule is Cc1nc(-c2nc(C3CNCCN3C)no2)nn1-c1c(Cl)cccc1Cl.Cl. The molecule has 0 aliphatic carbocycles. The highest BCUT2D eigenvalue weighted by Gasteiger charge is 2.27. The van der Waals surface area contributed by atoms with E-state index in [1.807, 2.05) is 14.0 Å². The standard InChI is InChI=1S/C16H17Cl2N7O.ClH/c1-9-20-15(22-25(9)13-10(17)4-3-5-11(13)18)16-21-14(23-26-16)12-8-19-6-7-24(12)2;/h3-5,12,19H,6-8H2,1-2H3;1H. The maximum Gasteiger partial charge on any atom is 0.297 e. The van der Waals surface area contributed by atoms with E-state index in [2.05, 4.69) is 30.4 Å². The molecule has 3 aromatic rings. The van der Waals surface area contributed by atoms with Crippen LogP contribution in [0.2, 0.25) is 10.0 Å². The molecule has 27 heavy (non-hydrogen) atoms. The summed E-state index contributed by atoms with van der Waals surface area (Å²) in [7, 11) is 2.04.